The Morgan fingerprint density at radius 2 is 2.00 bits per heavy atom. The maximum atomic E-state index is 12.7. The number of amides is 1. The van der Waals surface area contributed by atoms with E-state index in [1.165, 1.54) is 6.42 Å². The second-order valence-corrected chi connectivity index (χ2v) is 6.59. The number of nitrogens with one attached hydrogen (secondary N) is 1. The summed E-state index contributed by atoms with van der Waals surface area (Å²) in [7, 11) is 0. The molecular formula is C14H27ClN2O2. The lowest BCUT2D eigenvalue weighted by Crippen LogP contribution is -2.63. The molecule has 2 atom stereocenters. The predicted molar refractivity (Wildman–Crippen MR) is 78.7 cm³/mol. The lowest BCUT2D eigenvalue weighted by Gasteiger charge is -2.45. The van der Waals surface area contributed by atoms with E-state index >= 15 is 0 Å². The molecule has 5 heteroatoms. The molecule has 0 saturated carbocycles. The van der Waals surface area contributed by atoms with E-state index in [1.54, 1.807) is 0 Å². The molecule has 0 spiro atoms. The van der Waals surface area contributed by atoms with Crippen LogP contribution in [0, 0.1) is 0 Å². The van der Waals surface area contributed by atoms with Crippen LogP contribution < -0.4 is 5.32 Å². The minimum atomic E-state index is -0.370. The van der Waals surface area contributed by atoms with Gasteiger partial charge < -0.3 is 15.0 Å². The summed E-state index contributed by atoms with van der Waals surface area (Å²) in [5, 5.41) is 3.40. The molecule has 2 aliphatic heterocycles. The maximum Gasteiger partial charge on any atom is 0.242 e. The Morgan fingerprint density at radius 3 is 2.53 bits per heavy atom. The van der Waals surface area contributed by atoms with Gasteiger partial charge in [0.2, 0.25) is 5.91 Å². The molecule has 4 nitrogen and oxygen atoms in total. The number of morpholine rings is 1. The van der Waals surface area contributed by atoms with Crippen LogP contribution in [0.2, 0.25) is 0 Å². The third-order valence-electron chi connectivity index (χ3n) is 3.95. The number of piperidine rings is 1. The number of ether oxygens (including phenoxy) is 1. The Labute approximate surface area is 122 Å². The van der Waals surface area contributed by atoms with Gasteiger partial charge in [0.15, 0.2) is 0 Å². The van der Waals surface area contributed by atoms with Gasteiger partial charge in [0, 0.05) is 13.1 Å². The van der Waals surface area contributed by atoms with Crippen LogP contribution in [0.25, 0.3) is 0 Å². The number of hydrogen-bond donors (Lipinski definition) is 1. The summed E-state index contributed by atoms with van der Waals surface area (Å²) in [6.45, 7) is 10.5. The molecule has 112 valence electrons. The molecule has 2 rings (SSSR count). The molecule has 0 bridgehead atoms. The van der Waals surface area contributed by atoms with E-state index in [4.69, 9.17) is 4.74 Å². The van der Waals surface area contributed by atoms with Gasteiger partial charge in [-0.1, -0.05) is 0 Å². The van der Waals surface area contributed by atoms with Crippen LogP contribution in [0.15, 0.2) is 0 Å². The molecule has 0 aromatic heterocycles. The highest BCUT2D eigenvalue weighted by molar-refractivity contribution is 5.86. The molecule has 1 N–H and O–H groups in total. The Hall–Kier alpha value is -0.320. The molecule has 0 aromatic carbocycles. The largest absolute Gasteiger partial charge is 0.369 e. The summed E-state index contributed by atoms with van der Waals surface area (Å²) in [6.07, 6.45) is 3.37. The van der Waals surface area contributed by atoms with Crippen molar-refractivity contribution in [3.05, 3.63) is 0 Å². The highest BCUT2D eigenvalue weighted by Crippen LogP contribution is 2.26. The average molecular weight is 291 g/mol. The number of hydrogen-bond acceptors (Lipinski definition) is 3. The summed E-state index contributed by atoms with van der Waals surface area (Å²) in [5.41, 5.74) is -0.607. The Bertz CT molecular complexity index is 327. The van der Waals surface area contributed by atoms with Crippen molar-refractivity contribution >= 4 is 18.3 Å². The normalized spacial score (nSPS) is 34.5. The molecule has 2 saturated heterocycles. The van der Waals surface area contributed by atoms with Gasteiger partial charge in [0.25, 0.3) is 0 Å². The first-order chi connectivity index (χ1) is 8.32. The first kappa shape index (κ1) is 16.7. The summed E-state index contributed by atoms with van der Waals surface area (Å²) in [4.78, 5) is 14.7. The lowest BCUT2D eigenvalue weighted by atomic mass is 9.88. The molecule has 2 fully saturated rings. The van der Waals surface area contributed by atoms with E-state index in [9.17, 15) is 4.79 Å². The van der Waals surface area contributed by atoms with Gasteiger partial charge in [-0.15, -0.1) is 12.4 Å². The fourth-order valence-corrected chi connectivity index (χ4v) is 3.20. The molecule has 2 unspecified atom stereocenters. The van der Waals surface area contributed by atoms with Crippen molar-refractivity contribution in [3.63, 3.8) is 0 Å². The van der Waals surface area contributed by atoms with E-state index in [0.29, 0.717) is 13.1 Å². The third kappa shape index (κ3) is 3.83. The van der Waals surface area contributed by atoms with E-state index in [1.807, 2.05) is 18.7 Å². The predicted octanol–water partition coefficient (Wildman–Crippen LogP) is 1.97. The van der Waals surface area contributed by atoms with Crippen molar-refractivity contribution in [1.82, 2.24) is 10.2 Å². The minimum absolute atomic E-state index is 0. The molecule has 0 aliphatic carbocycles. The SMILES string of the molecule is CC1CN(C(=O)C2(C)CCCCN2)CC(C)(C)O1.Cl. The van der Waals surface area contributed by atoms with Gasteiger partial charge in [-0.2, -0.15) is 0 Å². The second kappa shape index (κ2) is 5.98. The van der Waals surface area contributed by atoms with Crippen molar-refractivity contribution in [2.75, 3.05) is 19.6 Å². The Balaban J connectivity index is 0.00000180. The van der Waals surface area contributed by atoms with Crippen LogP contribution in [-0.4, -0.2) is 47.7 Å². The van der Waals surface area contributed by atoms with Crippen molar-refractivity contribution in [1.29, 1.82) is 0 Å². The molecule has 0 radical (unpaired) electrons. The Morgan fingerprint density at radius 1 is 1.32 bits per heavy atom. The standard InChI is InChI=1S/C14H26N2O2.ClH/c1-11-9-16(10-13(2,3)18-11)12(17)14(4)7-5-6-8-15-14;/h11,15H,5-10H2,1-4H3;1H. The zero-order chi connectivity index (χ0) is 13.4. The quantitative estimate of drug-likeness (QED) is 0.803. The van der Waals surface area contributed by atoms with Crippen LogP contribution in [0.5, 0.6) is 0 Å². The van der Waals surface area contributed by atoms with Gasteiger partial charge in [0.05, 0.1) is 17.2 Å². The summed E-state index contributed by atoms with van der Waals surface area (Å²) < 4.78 is 5.86. The van der Waals surface area contributed by atoms with Gasteiger partial charge >= 0.3 is 0 Å². The summed E-state index contributed by atoms with van der Waals surface area (Å²) in [6, 6.07) is 0. The lowest BCUT2D eigenvalue weighted by molar-refractivity contribution is -0.164. The fourth-order valence-electron chi connectivity index (χ4n) is 3.20. The topological polar surface area (TPSA) is 41.6 Å². The number of halogens is 1. The first-order valence-electron chi connectivity index (χ1n) is 7.05. The van der Waals surface area contributed by atoms with E-state index < -0.39 is 0 Å². The molecule has 2 heterocycles. The maximum absolute atomic E-state index is 12.7. The number of nitrogens with zero attached hydrogens (tertiary/aromatic N) is 1. The highest BCUT2D eigenvalue weighted by atomic mass is 35.5. The molecule has 1 amide bonds. The van der Waals surface area contributed by atoms with Gasteiger partial charge in [0.1, 0.15) is 0 Å². The Kier molecular flexibility index (Phi) is 5.27. The zero-order valence-electron chi connectivity index (χ0n) is 12.5. The average Bonchev–Trinajstić information content (AvgIpc) is 2.26. The van der Waals surface area contributed by atoms with Crippen molar-refractivity contribution in [3.8, 4) is 0 Å². The number of rotatable bonds is 1. The van der Waals surface area contributed by atoms with Gasteiger partial charge in [-0.05, 0) is 53.5 Å². The van der Waals surface area contributed by atoms with E-state index in [-0.39, 0.29) is 35.6 Å². The highest BCUT2D eigenvalue weighted by Gasteiger charge is 2.42. The minimum Gasteiger partial charge on any atom is -0.369 e. The molecular weight excluding hydrogens is 264 g/mol. The smallest absolute Gasteiger partial charge is 0.242 e. The fraction of sp³-hybridized carbons (Fsp3) is 0.929. The number of carbonyl (C=O) groups excluding carboxylic acids is 1. The van der Waals surface area contributed by atoms with Crippen molar-refractivity contribution in [2.45, 2.75) is 64.2 Å². The van der Waals surface area contributed by atoms with Crippen molar-refractivity contribution in [2.24, 2.45) is 0 Å². The van der Waals surface area contributed by atoms with Crippen LogP contribution >= 0.6 is 12.4 Å². The molecule has 2 aliphatic rings. The summed E-state index contributed by atoms with van der Waals surface area (Å²) >= 11 is 0. The van der Waals surface area contributed by atoms with Crippen LogP contribution in [-0.2, 0) is 9.53 Å². The first-order valence-corrected chi connectivity index (χ1v) is 7.05. The monoisotopic (exact) mass is 290 g/mol. The molecule has 0 aromatic rings. The number of carbonyl (C=O) groups is 1. The summed E-state index contributed by atoms with van der Waals surface area (Å²) in [5.74, 6) is 0.241. The van der Waals surface area contributed by atoms with Gasteiger partial charge in [-0.25, -0.2) is 0 Å². The van der Waals surface area contributed by atoms with E-state index in [0.717, 1.165) is 19.4 Å². The zero-order valence-corrected chi connectivity index (χ0v) is 13.3. The molecule has 19 heavy (non-hydrogen) atoms. The van der Waals surface area contributed by atoms with Crippen LogP contribution in [0.1, 0.15) is 47.0 Å². The third-order valence-corrected chi connectivity index (χ3v) is 3.95. The van der Waals surface area contributed by atoms with Crippen molar-refractivity contribution < 1.29 is 9.53 Å². The van der Waals surface area contributed by atoms with Crippen LogP contribution in [0.3, 0.4) is 0 Å². The van der Waals surface area contributed by atoms with E-state index in [2.05, 4.69) is 19.2 Å². The van der Waals surface area contributed by atoms with Crippen LogP contribution in [0.4, 0.5) is 0 Å². The second-order valence-electron chi connectivity index (χ2n) is 6.59. The van der Waals surface area contributed by atoms with Gasteiger partial charge in [-0.3, -0.25) is 4.79 Å².